The zero-order valence-electron chi connectivity index (χ0n) is 17.9. The fraction of sp³-hybridized carbons (Fsp3) is 0.381. The molecule has 0 saturated heterocycles. The van der Waals surface area contributed by atoms with Gasteiger partial charge in [0.1, 0.15) is 12.0 Å². The Balaban J connectivity index is 3.66. The van der Waals surface area contributed by atoms with Gasteiger partial charge in [0.15, 0.2) is 6.04 Å². The van der Waals surface area contributed by atoms with Gasteiger partial charge in [-0.15, -0.1) is 0 Å². The molecule has 0 aliphatic carbocycles. The van der Waals surface area contributed by atoms with Gasteiger partial charge < -0.3 is 9.47 Å². The van der Waals surface area contributed by atoms with Crippen molar-refractivity contribution < 1.29 is 23.9 Å². The quantitative estimate of drug-likeness (QED) is 0.250. The van der Waals surface area contributed by atoms with Crippen LogP contribution in [0.25, 0.3) is 0 Å². The molecule has 0 bridgehead atoms. The van der Waals surface area contributed by atoms with Crippen molar-refractivity contribution in [3.05, 3.63) is 39.9 Å². The van der Waals surface area contributed by atoms with Gasteiger partial charge in [0, 0.05) is 4.47 Å². The average molecular weight is 491 g/mol. The first-order valence-corrected chi connectivity index (χ1v) is 9.82. The van der Waals surface area contributed by atoms with Gasteiger partial charge in [-0.3, -0.25) is 4.79 Å². The van der Waals surface area contributed by atoms with Crippen LogP contribution in [0.2, 0.25) is 0 Å². The lowest BCUT2D eigenvalue weighted by atomic mass is 10.1. The monoisotopic (exact) mass is 490 g/mol. The molecule has 9 nitrogen and oxygen atoms in total. The number of nitriles is 1. The number of esters is 2. The molecule has 0 spiro atoms. The lowest BCUT2D eigenvalue weighted by Gasteiger charge is -2.25. The SMILES string of the molecule is COC(=O)C(=C=NC(C)(C)C)C(C(=O)OC)N(/N=C/c1ccc(Br)cc1)C(=O)CC#N. The first-order chi connectivity index (χ1) is 14.5. The van der Waals surface area contributed by atoms with Crippen LogP contribution in [0.4, 0.5) is 0 Å². The summed E-state index contributed by atoms with van der Waals surface area (Å²) < 4.78 is 10.4. The third kappa shape index (κ3) is 8.16. The summed E-state index contributed by atoms with van der Waals surface area (Å²) in [6.07, 6.45) is 0.726. The van der Waals surface area contributed by atoms with Crippen molar-refractivity contribution in [2.75, 3.05) is 14.2 Å². The molecule has 31 heavy (non-hydrogen) atoms. The Morgan fingerprint density at radius 1 is 1.19 bits per heavy atom. The van der Waals surface area contributed by atoms with Crippen molar-refractivity contribution in [2.45, 2.75) is 38.8 Å². The van der Waals surface area contributed by atoms with E-state index in [0.717, 1.165) is 18.7 Å². The summed E-state index contributed by atoms with van der Waals surface area (Å²) in [5, 5.41) is 13.8. The summed E-state index contributed by atoms with van der Waals surface area (Å²) in [6, 6.07) is 7.00. The molecule has 0 aliphatic heterocycles. The van der Waals surface area contributed by atoms with Crippen LogP contribution in [0.15, 0.2) is 44.4 Å². The Morgan fingerprint density at radius 2 is 1.81 bits per heavy atom. The van der Waals surface area contributed by atoms with Crippen LogP contribution in [-0.4, -0.2) is 60.7 Å². The highest BCUT2D eigenvalue weighted by Crippen LogP contribution is 2.17. The van der Waals surface area contributed by atoms with Crippen LogP contribution in [0.5, 0.6) is 0 Å². The maximum absolute atomic E-state index is 12.6. The number of carbonyl (C=O) groups is 3. The number of hydrazone groups is 1. The standard InChI is InChI=1S/C21H23BrN4O5/c1-21(2,3)24-13-16(19(28)30-4)18(20(29)31-5)26(17(27)10-11-23)25-12-14-6-8-15(22)9-7-14/h6-9,12,18H,10H2,1-5H3/b25-12+. The highest BCUT2D eigenvalue weighted by Gasteiger charge is 2.38. The lowest BCUT2D eigenvalue weighted by molar-refractivity contribution is -0.153. The summed E-state index contributed by atoms with van der Waals surface area (Å²) in [4.78, 5) is 41.8. The Labute approximate surface area is 189 Å². The van der Waals surface area contributed by atoms with Gasteiger partial charge in [0.2, 0.25) is 0 Å². The van der Waals surface area contributed by atoms with E-state index < -0.39 is 35.8 Å². The predicted octanol–water partition coefficient (Wildman–Crippen LogP) is 2.63. The number of hydrogen-bond acceptors (Lipinski definition) is 8. The molecule has 1 aromatic rings. The Hall–Kier alpha value is -3.28. The largest absolute Gasteiger partial charge is 0.467 e. The predicted molar refractivity (Wildman–Crippen MR) is 117 cm³/mol. The van der Waals surface area contributed by atoms with Crippen molar-refractivity contribution >= 4 is 45.9 Å². The molecule has 1 atom stereocenters. The van der Waals surface area contributed by atoms with Gasteiger partial charge in [-0.1, -0.05) is 28.1 Å². The minimum Gasteiger partial charge on any atom is -0.467 e. The average Bonchev–Trinajstić information content (AvgIpc) is 2.72. The van der Waals surface area contributed by atoms with E-state index in [1.807, 2.05) is 0 Å². The highest BCUT2D eigenvalue weighted by molar-refractivity contribution is 9.10. The van der Waals surface area contributed by atoms with Gasteiger partial charge >= 0.3 is 11.9 Å². The maximum Gasteiger partial charge on any atom is 0.346 e. The second-order valence-corrected chi connectivity index (χ2v) is 8.01. The molecule has 1 rings (SSSR count). The van der Waals surface area contributed by atoms with E-state index in [2.05, 4.69) is 31.9 Å². The normalized spacial score (nSPS) is 11.6. The molecule has 10 heteroatoms. The van der Waals surface area contributed by atoms with Crippen molar-refractivity contribution in [3.8, 4) is 6.07 Å². The third-order valence-corrected chi connectivity index (χ3v) is 4.08. The molecule has 0 N–H and O–H groups in total. The molecular formula is C21H23BrN4O5. The molecular weight excluding hydrogens is 468 g/mol. The molecule has 1 unspecified atom stereocenters. The number of benzene rings is 1. The van der Waals surface area contributed by atoms with Crippen LogP contribution in [0, 0.1) is 11.3 Å². The van der Waals surface area contributed by atoms with E-state index in [4.69, 9.17) is 14.7 Å². The number of amides is 1. The zero-order chi connectivity index (χ0) is 23.6. The smallest absolute Gasteiger partial charge is 0.346 e. The Kier molecular flexibility index (Phi) is 9.80. The number of aliphatic imine (C=N–C) groups is 1. The summed E-state index contributed by atoms with van der Waals surface area (Å²) in [5.41, 5.74) is -0.417. The molecule has 0 aromatic heterocycles. The number of hydrogen-bond donors (Lipinski definition) is 0. The number of carbonyl (C=O) groups excluding carboxylic acids is 3. The summed E-state index contributed by atoms with van der Waals surface area (Å²) in [5.74, 6) is -0.233. The summed E-state index contributed by atoms with van der Waals surface area (Å²) >= 11 is 3.32. The summed E-state index contributed by atoms with van der Waals surface area (Å²) in [7, 11) is 2.21. The van der Waals surface area contributed by atoms with Gasteiger partial charge in [-0.05, 0) is 44.3 Å². The molecule has 164 valence electrons. The van der Waals surface area contributed by atoms with Crippen LogP contribution in [-0.2, 0) is 23.9 Å². The van der Waals surface area contributed by atoms with E-state index in [9.17, 15) is 14.4 Å². The van der Waals surface area contributed by atoms with Crippen molar-refractivity contribution in [3.63, 3.8) is 0 Å². The number of nitrogens with zero attached hydrogens (tertiary/aromatic N) is 4. The Bertz CT molecular complexity index is 951. The second-order valence-electron chi connectivity index (χ2n) is 7.09. The van der Waals surface area contributed by atoms with E-state index in [1.165, 1.54) is 6.21 Å². The number of ether oxygens (including phenoxy) is 2. The molecule has 0 radical (unpaired) electrons. The third-order valence-electron chi connectivity index (χ3n) is 3.55. The van der Waals surface area contributed by atoms with Crippen LogP contribution in [0.3, 0.4) is 0 Å². The van der Waals surface area contributed by atoms with E-state index in [-0.39, 0.29) is 5.57 Å². The highest BCUT2D eigenvalue weighted by atomic mass is 79.9. The number of halogens is 1. The van der Waals surface area contributed by atoms with Crippen molar-refractivity contribution in [1.29, 1.82) is 5.26 Å². The molecule has 1 aromatic carbocycles. The second kappa shape index (κ2) is 11.8. The van der Waals surface area contributed by atoms with Gasteiger partial charge in [-0.25, -0.2) is 19.6 Å². The van der Waals surface area contributed by atoms with Crippen LogP contribution in [0.1, 0.15) is 32.8 Å². The minimum atomic E-state index is -1.66. The first kappa shape index (κ1) is 25.8. The van der Waals surface area contributed by atoms with E-state index >= 15 is 0 Å². The fourth-order valence-electron chi connectivity index (χ4n) is 2.11. The van der Waals surface area contributed by atoms with E-state index in [1.54, 1.807) is 51.1 Å². The van der Waals surface area contributed by atoms with Crippen LogP contribution >= 0.6 is 15.9 Å². The number of rotatable bonds is 7. The van der Waals surface area contributed by atoms with Crippen molar-refractivity contribution in [1.82, 2.24) is 5.01 Å². The van der Waals surface area contributed by atoms with E-state index in [0.29, 0.717) is 10.6 Å². The zero-order valence-corrected chi connectivity index (χ0v) is 19.5. The molecule has 0 aliphatic rings. The minimum absolute atomic E-state index is 0.386. The lowest BCUT2D eigenvalue weighted by Crippen LogP contribution is -2.46. The molecule has 0 heterocycles. The van der Waals surface area contributed by atoms with Gasteiger partial charge in [0.25, 0.3) is 5.91 Å². The number of methoxy groups -OCH3 is 2. The van der Waals surface area contributed by atoms with Gasteiger partial charge in [0.05, 0.1) is 32.0 Å². The van der Waals surface area contributed by atoms with Crippen molar-refractivity contribution in [2.24, 2.45) is 10.1 Å². The molecule has 0 fully saturated rings. The molecule has 1 amide bonds. The fourth-order valence-corrected chi connectivity index (χ4v) is 2.37. The first-order valence-electron chi connectivity index (χ1n) is 9.03. The topological polar surface area (TPSA) is 121 Å². The van der Waals surface area contributed by atoms with Gasteiger partial charge in [-0.2, -0.15) is 10.4 Å². The van der Waals surface area contributed by atoms with Crippen LogP contribution < -0.4 is 0 Å². The Morgan fingerprint density at radius 3 is 2.29 bits per heavy atom. The summed E-state index contributed by atoms with van der Waals surface area (Å²) in [6.45, 7) is 5.27. The maximum atomic E-state index is 12.6. The molecule has 0 saturated carbocycles.